The number of nitrogens with zero attached hydrogens (tertiary/aromatic N) is 7. The number of benzene rings is 2. The number of nitrogens with one attached hydrogen (secondary N) is 1. The average Bonchev–Trinajstić information content (AvgIpc) is 3.47. The van der Waals surface area contributed by atoms with Gasteiger partial charge in [0.25, 0.3) is 0 Å². The third-order valence-corrected chi connectivity index (χ3v) is 10.7. The number of piperidine rings is 3. The van der Waals surface area contributed by atoms with E-state index >= 15 is 0 Å². The van der Waals surface area contributed by atoms with Gasteiger partial charge >= 0.3 is 0 Å². The zero-order chi connectivity index (χ0) is 30.2. The monoisotopic (exact) mass is 607 g/mol. The van der Waals surface area contributed by atoms with E-state index in [1.165, 1.54) is 65.0 Å². The Balaban J connectivity index is 0.887. The first kappa shape index (κ1) is 28.9. The van der Waals surface area contributed by atoms with Gasteiger partial charge in [-0.25, -0.2) is 14.6 Å². The molecule has 2 aromatic heterocycles. The van der Waals surface area contributed by atoms with Gasteiger partial charge in [0.2, 0.25) is 0 Å². The van der Waals surface area contributed by atoms with E-state index in [2.05, 4.69) is 34.7 Å². The average molecular weight is 608 g/mol. The Hall–Kier alpha value is -3.57. The van der Waals surface area contributed by atoms with Crippen LogP contribution in [0, 0.1) is 0 Å². The predicted molar refractivity (Wildman–Crippen MR) is 177 cm³/mol. The maximum absolute atomic E-state index is 6.43. The van der Waals surface area contributed by atoms with Crippen LogP contribution in [0.15, 0.2) is 60.9 Å². The van der Waals surface area contributed by atoms with Crippen LogP contribution in [0.1, 0.15) is 44.6 Å². The fraction of sp³-hybridized carbons (Fsp3) is 0.514. The maximum Gasteiger partial charge on any atom is 0.164 e. The van der Waals surface area contributed by atoms with Crippen LogP contribution in [0.5, 0.6) is 11.5 Å². The highest BCUT2D eigenvalue weighted by Crippen LogP contribution is 2.36. The molecule has 4 aliphatic heterocycles. The molecule has 0 unspecified atom stereocenters. The van der Waals surface area contributed by atoms with Gasteiger partial charge in [0.1, 0.15) is 29.3 Å². The number of aromatic nitrogens is 4. The van der Waals surface area contributed by atoms with E-state index in [0.29, 0.717) is 17.9 Å². The van der Waals surface area contributed by atoms with Gasteiger partial charge in [0, 0.05) is 49.9 Å². The van der Waals surface area contributed by atoms with Crippen molar-refractivity contribution in [1.29, 1.82) is 0 Å². The second kappa shape index (κ2) is 12.7. The van der Waals surface area contributed by atoms with Gasteiger partial charge in [-0.15, -0.1) is 0 Å². The van der Waals surface area contributed by atoms with Crippen molar-refractivity contribution in [2.75, 3.05) is 58.1 Å². The largest absolute Gasteiger partial charge is 0.457 e. The van der Waals surface area contributed by atoms with Crippen LogP contribution in [-0.2, 0) is 0 Å². The third-order valence-electron chi connectivity index (χ3n) is 10.7. The lowest BCUT2D eigenvalue weighted by molar-refractivity contribution is -0.0296. The Morgan fingerprint density at radius 3 is 2.00 bits per heavy atom. The number of fused-ring (bicyclic) bond motifs is 1. The molecule has 0 amide bonds. The molecule has 0 aliphatic carbocycles. The van der Waals surface area contributed by atoms with Crippen molar-refractivity contribution in [3.63, 3.8) is 0 Å². The van der Waals surface area contributed by atoms with E-state index in [1.807, 2.05) is 54.6 Å². The maximum atomic E-state index is 6.43. The molecule has 4 aromatic rings. The van der Waals surface area contributed by atoms with Crippen LogP contribution in [0.2, 0.25) is 0 Å². The number of ether oxygens (including phenoxy) is 1. The van der Waals surface area contributed by atoms with Crippen LogP contribution < -0.4 is 15.8 Å². The SMILES string of the molecule is Nc1ncnc2c1c(-c1ccc(Oc3ccccc3)cc1)nn2C1CCN(C2CN(C3CCN(C4CCNCC4)CC3)C2)CC1. The summed E-state index contributed by atoms with van der Waals surface area (Å²) in [4.78, 5) is 17.3. The zero-order valence-electron chi connectivity index (χ0n) is 26.1. The number of para-hydroxylation sites is 1. The second-order valence-electron chi connectivity index (χ2n) is 13.3. The quantitative estimate of drug-likeness (QED) is 0.317. The van der Waals surface area contributed by atoms with Crippen molar-refractivity contribution < 1.29 is 4.74 Å². The van der Waals surface area contributed by atoms with Gasteiger partial charge in [-0.1, -0.05) is 18.2 Å². The summed E-state index contributed by atoms with van der Waals surface area (Å²) < 4.78 is 8.13. The van der Waals surface area contributed by atoms with Crippen LogP contribution >= 0.6 is 0 Å². The van der Waals surface area contributed by atoms with Gasteiger partial charge in [0.05, 0.1) is 11.4 Å². The molecule has 4 saturated heterocycles. The first-order valence-electron chi connectivity index (χ1n) is 16.9. The second-order valence-corrected chi connectivity index (χ2v) is 13.3. The van der Waals surface area contributed by atoms with Gasteiger partial charge in [-0.2, -0.15) is 5.10 Å². The molecule has 4 fully saturated rings. The topological polar surface area (TPSA) is 101 Å². The minimum atomic E-state index is 0.294. The lowest BCUT2D eigenvalue weighted by Gasteiger charge is -2.52. The van der Waals surface area contributed by atoms with Crippen molar-refractivity contribution >= 4 is 16.9 Å². The lowest BCUT2D eigenvalue weighted by atomic mass is 9.93. The van der Waals surface area contributed by atoms with E-state index in [4.69, 9.17) is 15.6 Å². The van der Waals surface area contributed by atoms with Crippen LogP contribution in [0.25, 0.3) is 22.3 Å². The van der Waals surface area contributed by atoms with Crippen molar-refractivity contribution in [3.8, 4) is 22.8 Å². The number of hydrogen-bond acceptors (Lipinski definition) is 9. The summed E-state index contributed by atoms with van der Waals surface area (Å²) in [5.41, 5.74) is 9.07. The summed E-state index contributed by atoms with van der Waals surface area (Å²) in [6.07, 6.45) is 9.00. The normalized spacial score (nSPS) is 22.1. The zero-order valence-corrected chi connectivity index (χ0v) is 26.1. The Morgan fingerprint density at radius 2 is 1.29 bits per heavy atom. The lowest BCUT2D eigenvalue weighted by Crippen LogP contribution is -2.64. The molecule has 4 aliphatic rings. The first-order chi connectivity index (χ1) is 22.2. The summed E-state index contributed by atoms with van der Waals surface area (Å²) in [6.45, 7) is 9.58. The summed E-state index contributed by atoms with van der Waals surface area (Å²) >= 11 is 0. The molecule has 3 N–H and O–H groups in total. The van der Waals surface area contributed by atoms with Gasteiger partial charge in [0.15, 0.2) is 5.65 Å². The van der Waals surface area contributed by atoms with Crippen molar-refractivity contribution in [2.45, 2.75) is 62.7 Å². The molecule has 0 radical (unpaired) electrons. The van der Waals surface area contributed by atoms with Crippen molar-refractivity contribution in [1.82, 2.24) is 39.8 Å². The first-order valence-corrected chi connectivity index (χ1v) is 16.9. The Kier molecular flexibility index (Phi) is 8.13. The standard InChI is InChI=1S/C35H45N9O/c36-34-32-33(25-6-8-31(9-7-25)45-30-4-2-1-3-5-30)40-44(35(32)39-24-38-34)28-14-20-42(21-15-28)29-22-43(23-29)27-12-18-41(19-13-27)26-10-16-37-17-11-26/h1-9,24,26-29,37H,10-23H2,(H2,36,38,39). The minimum absolute atomic E-state index is 0.294. The van der Waals surface area contributed by atoms with Gasteiger partial charge < -0.3 is 20.7 Å². The number of rotatable bonds is 7. The van der Waals surface area contributed by atoms with Crippen LogP contribution in [0.3, 0.4) is 0 Å². The van der Waals surface area contributed by atoms with Crippen LogP contribution in [-0.4, -0.2) is 105 Å². The highest BCUT2D eigenvalue weighted by atomic mass is 16.5. The summed E-state index contributed by atoms with van der Waals surface area (Å²) in [5, 5.41) is 9.48. The third kappa shape index (κ3) is 5.92. The molecule has 10 nitrogen and oxygen atoms in total. The molecule has 0 bridgehead atoms. The fourth-order valence-electron chi connectivity index (χ4n) is 8.06. The molecule has 8 rings (SSSR count). The molecular formula is C35H45N9O. The summed E-state index contributed by atoms with van der Waals surface area (Å²) in [7, 11) is 0. The summed E-state index contributed by atoms with van der Waals surface area (Å²) in [5.74, 6) is 2.06. The highest BCUT2D eigenvalue weighted by Gasteiger charge is 2.39. The fourth-order valence-corrected chi connectivity index (χ4v) is 8.06. The molecule has 0 atom stereocenters. The highest BCUT2D eigenvalue weighted by molar-refractivity contribution is 5.98. The molecular weight excluding hydrogens is 562 g/mol. The number of hydrogen-bond donors (Lipinski definition) is 2. The summed E-state index contributed by atoms with van der Waals surface area (Å²) in [6, 6.07) is 20.4. The number of anilines is 1. The van der Waals surface area contributed by atoms with E-state index in [1.54, 1.807) is 6.33 Å². The molecule has 10 heteroatoms. The van der Waals surface area contributed by atoms with E-state index in [-0.39, 0.29) is 0 Å². The van der Waals surface area contributed by atoms with E-state index in [9.17, 15) is 0 Å². The van der Waals surface area contributed by atoms with Crippen molar-refractivity contribution in [3.05, 3.63) is 60.9 Å². The van der Waals surface area contributed by atoms with E-state index < -0.39 is 0 Å². The minimum Gasteiger partial charge on any atom is -0.457 e. The molecule has 6 heterocycles. The Bertz CT molecular complexity index is 1560. The number of likely N-dealkylation sites (tertiary alicyclic amines) is 3. The van der Waals surface area contributed by atoms with Crippen molar-refractivity contribution in [2.24, 2.45) is 0 Å². The smallest absolute Gasteiger partial charge is 0.164 e. The van der Waals surface area contributed by atoms with E-state index in [0.717, 1.165) is 71.8 Å². The molecule has 236 valence electrons. The Morgan fingerprint density at radius 1 is 0.667 bits per heavy atom. The Labute approximate surface area is 265 Å². The van der Waals surface area contributed by atoms with Gasteiger partial charge in [-0.05, 0) is 101 Å². The molecule has 45 heavy (non-hydrogen) atoms. The number of nitrogens with two attached hydrogens (primary N) is 1. The molecule has 0 spiro atoms. The number of nitrogen functional groups attached to an aromatic ring is 1. The molecule has 0 saturated carbocycles. The molecule has 2 aromatic carbocycles. The van der Waals surface area contributed by atoms with Crippen LogP contribution in [0.4, 0.5) is 5.82 Å². The predicted octanol–water partition coefficient (Wildman–Crippen LogP) is 4.41. The van der Waals surface area contributed by atoms with Gasteiger partial charge in [-0.3, -0.25) is 9.80 Å².